The highest BCUT2D eigenvalue weighted by Gasteiger charge is 2.63. The molecular weight excluding hydrogens is 468 g/mol. The zero-order valence-electron chi connectivity index (χ0n) is 20.7. The second-order valence-corrected chi connectivity index (χ2v) is 10.3. The minimum Gasteiger partial charge on any atom is -0.510 e. The maximum absolute atomic E-state index is 13.8. The molecule has 4 atom stereocenters. The average Bonchev–Trinajstić information content (AvgIpc) is 2.77. The number of phenols is 1. The third-order valence-corrected chi connectivity index (χ3v) is 7.60. The standard InChI is InChI=1S/C25H32N4O7/c1-28(2)9-12-5-11(8-26)19(30)16-13(12)6-10-7-14-18(29(3)4)21(32)17(24(27)35)23(34)25(14,36)22(33)15(10)20(16)31/h5,10,14,18,30,32-33,36H,6-9,26H2,1-4H3,(H2,27,35)/t10-,14-,18-,25-/m0/s1. The topological polar surface area (TPSA) is 191 Å². The SMILES string of the molecule is CN(C)Cc1cc(CN)c(O)c2c1C[C@H]1C[C@H]3[C@H](N(C)C)C(O)=C(C(N)=O)C(=O)[C@@]3(O)C(O)=C1C2=O. The Kier molecular flexibility index (Phi) is 6.24. The zero-order chi connectivity index (χ0) is 26.9. The molecule has 1 aromatic carbocycles. The Labute approximate surface area is 208 Å². The van der Waals surface area contributed by atoms with E-state index in [1.54, 1.807) is 20.2 Å². The van der Waals surface area contributed by atoms with E-state index in [-0.39, 0.29) is 36.3 Å². The van der Waals surface area contributed by atoms with E-state index in [4.69, 9.17) is 11.5 Å². The molecule has 0 bridgehead atoms. The van der Waals surface area contributed by atoms with Gasteiger partial charge >= 0.3 is 0 Å². The summed E-state index contributed by atoms with van der Waals surface area (Å²) in [5.41, 5.74) is 9.23. The molecule has 0 saturated carbocycles. The summed E-state index contributed by atoms with van der Waals surface area (Å²) in [6, 6.07) is 0.736. The van der Waals surface area contributed by atoms with Gasteiger partial charge in [0, 0.05) is 30.1 Å². The van der Waals surface area contributed by atoms with Crippen molar-refractivity contribution in [3.05, 3.63) is 51.0 Å². The van der Waals surface area contributed by atoms with Gasteiger partial charge in [-0.15, -0.1) is 0 Å². The Hall–Kier alpha value is -3.25. The Morgan fingerprint density at radius 1 is 1.14 bits per heavy atom. The van der Waals surface area contributed by atoms with Crippen molar-refractivity contribution in [3.8, 4) is 5.75 Å². The van der Waals surface area contributed by atoms with Crippen LogP contribution in [-0.4, -0.2) is 87.5 Å². The number of rotatable bonds is 5. The first-order valence-corrected chi connectivity index (χ1v) is 11.6. The van der Waals surface area contributed by atoms with Gasteiger partial charge in [0.2, 0.25) is 5.78 Å². The van der Waals surface area contributed by atoms with Crippen LogP contribution in [0.5, 0.6) is 5.75 Å². The number of aromatic hydroxyl groups is 1. The number of likely N-dealkylation sites (N-methyl/N-ethyl adjacent to an activating group) is 1. The van der Waals surface area contributed by atoms with Crippen LogP contribution >= 0.6 is 0 Å². The number of amides is 1. The van der Waals surface area contributed by atoms with Crippen LogP contribution in [-0.2, 0) is 29.1 Å². The summed E-state index contributed by atoms with van der Waals surface area (Å²) < 4.78 is 0. The highest BCUT2D eigenvalue weighted by molar-refractivity contribution is 6.24. The number of aliphatic hydroxyl groups is 3. The van der Waals surface area contributed by atoms with E-state index in [1.807, 2.05) is 19.0 Å². The van der Waals surface area contributed by atoms with Crippen LogP contribution in [0.2, 0.25) is 0 Å². The summed E-state index contributed by atoms with van der Waals surface area (Å²) >= 11 is 0. The number of carbonyl (C=O) groups is 3. The van der Waals surface area contributed by atoms with Gasteiger partial charge in [0.15, 0.2) is 11.4 Å². The Balaban J connectivity index is 1.97. The lowest BCUT2D eigenvalue weighted by Crippen LogP contribution is -2.63. The minimum absolute atomic E-state index is 0.0180. The van der Waals surface area contributed by atoms with Gasteiger partial charge in [0.05, 0.1) is 11.6 Å². The van der Waals surface area contributed by atoms with E-state index < -0.39 is 58.0 Å². The fraction of sp³-hybridized carbons (Fsp3) is 0.480. The summed E-state index contributed by atoms with van der Waals surface area (Å²) in [5.74, 6) is -6.67. The van der Waals surface area contributed by atoms with E-state index in [0.29, 0.717) is 17.7 Å². The molecule has 0 unspecified atom stereocenters. The van der Waals surface area contributed by atoms with E-state index in [1.165, 1.54) is 4.90 Å². The largest absolute Gasteiger partial charge is 0.510 e. The number of carbonyl (C=O) groups excluding carboxylic acids is 3. The summed E-state index contributed by atoms with van der Waals surface area (Å²) in [7, 11) is 6.92. The molecule has 0 spiro atoms. The zero-order valence-corrected chi connectivity index (χ0v) is 20.7. The number of phenolic OH excluding ortho intramolecular Hbond substituents is 1. The van der Waals surface area contributed by atoms with E-state index >= 15 is 0 Å². The van der Waals surface area contributed by atoms with Crippen molar-refractivity contribution in [2.75, 3.05) is 28.2 Å². The third-order valence-electron chi connectivity index (χ3n) is 7.60. The number of fused-ring (bicyclic) bond motifs is 3. The molecule has 1 aromatic rings. The summed E-state index contributed by atoms with van der Waals surface area (Å²) in [5, 5.41) is 44.7. The highest BCUT2D eigenvalue weighted by Crippen LogP contribution is 2.52. The van der Waals surface area contributed by atoms with Crippen LogP contribution in [0, 0.1) is 11.8 Å². The van der Waals surface area contributed by atoms with Crippen molar-refractivity contribution >= 4 is 17.5 Å². The molecule has 4 rings (SSSR count). The predicted octanol–water partition coefficient (Wildman–Crippen LogP) is -0.359. The van der Waals surface area contributed by atoms with Crippen LogP contribution in [0.3, 0.4) is 0 Å². The van der Waals surface area contributed by atoms with Crippen LogP contribution < -0.4 is 11.5 Å². The first-order valence-electron chi connectivity index (χ1n) is 11.6. The molecule has 3 aliphatic rings. The number of benzene rings is 1. The van der Waals surface area contributed by atoms with Gasteiger partial charge in [-0.25, -0.2) is 0 Å². The molecule has 0 aliphatic heterocycles. The molecular formula is C25H32N4O7. The average molecular weight is 501 g/mol. The third kappa shape index (κ3) is 3.46. The monoisotopic (exact) mass is 500 g/mol. The van der Waals surface area contributed by atoms with Gasteiger partial charge in [-0.3, -0.25) is 19.3 Å². The number of allylic oxidation sites excluding steroid dienone is 1. The van der Waals surface area contributed by atoms with Gasteiger partial charge in [-0.1, -0.05) is 0 Å². The van der Waals surface area contributed by atoms with Gasteiger partial charge in [-0.05, 0) is 64.1 Å². The van der Waals surface area contributed by atoms with Gasteiger partial charge < -0.3 is 36.8 Å². The van der Waals surface area contributed by atoms with E-state index in [9.17, 15) is 34.8 Å². The van der Waals surface area contributed by atoms with E-state index in [2.05, 4.69) is 0 Å². The second kappa shape index (κ2) is 8.70. The molecule has 0 heterocycles. The first-order chi connectivity index (χ1) is 16.8. The van der Waals surface area contributed by atoms with Gasteiger partial charge in [0.25, 0.3) is 5.91 Å². The number of hydrogen-bond donors (Lipinski definition) is 6. The molecule has 11 nitrogen and oxygen atoms in total. The maximum Gasteiger partial charge on any atom is 0.255 e. The molecule has 36 heavy (non-hydrogen) atoms. The Bertz CT molecular complexity index is 1250. The summed E-state index contributed by atoms with van der Waals surface area (Å²) in [6.45, 7) is 0.445. The predicted molar refractivity (Wildman–Crippen MR) is 129 cm³/mol. The molecule has 0 aromatic heterocycles. The highest BCUT2D eigenvalue weighted by atomic mass is 16.3. The van der Waals surface area contributed by atoms with Crippen LogP contribution in [0.4, 0.5) is 0 Å². The molecule has 8 N–H and O–H groups in total. The van der Waals surface area contributed by atoms with Crippen LogP contribution in [0.1, 0.15) is 33.5 Å². The van der Waals surface area contributed by atoms with Gasteiger partial charge in [-0.2, -0.15) is 0 Å². The number of nitrogens with two attached hydrogens (primary N) is 2. The molecule has 0 fully saturated rings. The smallest absolute Gasteiger partial charge is 0.255 e. The van der Waals surface area contributed by atoms with Gasteiger partial charge in [0.1, 0.15) is 22.8 Å². The maximum atomic E-state index is 13.8. The number of ketones is 2. The molecule has 1 amide bonds. The quantitative estimate of drug-likeness (QED) is 0.291. The lowest BCUT2D eigenvalue weighted by Gasteiger charge is -2.50. The Morgan fingerprint density at radius 3 is 2.31 bits per heavy atom. The van der Waals surface area contributed by atoms with Crippen molar-refractivity contribution < 1.29 is 34.8 Å². The fourth-order valence-electron chi connectivity index (χ4n) is 6.09. The lowest BCUT2D eigenvalue weighted by molar-refractivity contribution is -0.148. The normalized spacial score (nSPS) is 27.9. The molecule has 0 saturated heterocycles. The van der Waals surface area contributed by atoms with Crippen molar-refractivity contribution in [2.45, 2.75) is 37.6 Å². The molecule has 0 radical (unpaired) electrons. The van der Waals surface area contributed by atoms with Crippen molar-refractivity contribution in [1.82, 2.24) is 9.80 Å². The van der Waals surface area contributed by atoms with Crippen molar-refractivity contribution in [2.24, 2.45) is 23.3 Å². The molecule has 3 aliphatic carbocycles. The second-order valence-electron chi connectivity index (χ2n) is 10.3. The summed E-state index contributed by atoms with van der Waals surface area (Å²) in [6.07, 6.45) is 0.294. The number of aliphatic hydroxyl groups excluding tert-OH is 2. The number of Topliss-reactive ketones (excluding diaryl/α,β-unsaturated/α-hetero) is 2. The fourth-order valence-corrected chi connectivity index (χ4v) is 6.09. The Morgan fingerprint density at radius 2 is 1.78 bits per heavy atom. The lowest BCUT2D eigenvalue weighted by atomic mass is 9.58. The molecule has 194 valence electrons. The van der Waals surface area contributed by atoms with Crippen LogP contribution in [0.15, 0.2) is 28.7 Å². The van der Waals surface area contributed by atoms with Crippen molar-refractivity contribution in [3.63, 3.8) is 0 Å². The summed E-state index contributed by atoms with van der Waals surface area (Å²) in [4.78, 5) is 42.6. The number of hydrogen-bond acceptors (Lipinski definition) is 10. The minimum atomic E-state index is -2.65. The first kappa shape index (κ1) is 25.8. The van der Waals surface area contributed by atoms with Crippen molar-refractivity contribution in [1.29, 1.82) is 0 Å². The van der Waals surface area contributed by atoms with Crippen LogP contribution in [0.25, 0.3) is 0 Å². The number of nitrogens with zero attached hydrogens (tertiary/aromatic N) is 2. The number of primary amides is 1. The van der Waals surface area contributed by atoms with E-state index in [0.717, 1.165) is 5.56 Å². The molecule has 11 heteroatoms.